The Balaban J connectivity index is 4.21. The Kier molecular flexibility index (Phi) is 39.9. The average Bonchev–Trinajstić information content (AvgIpc) is 3.16. The highest BCUT2D eigenvalue weighted by Crippen LogP contribution is 2.43. The van der Waals surface area contributed by atoms with Crippen molar-refractivity contribution in [1.29, 1.82) is 0 Å². The van der Waals surface area contributed by atoms with Crippen molar-refractivity contribution in [2.24, 2.45) is 0 Å². The normalized spacial score (nSPS) is 14.5. The number of allylic oxidation sites excluding steroid dienone is 8. The SMILES string of the molecule is CC/C=C\C/C=C\C/C=C\C/C=C\CCCCC(=O)O[C@H](COCCCCCCCCCCCCCCCCCCCC)COP(=O)(O)OC[C@@H](O)CO. The predicted molar refractivity (Wildman–Crippen MR) is 223 cm³/mol. The highest BCUT2D eigenvalue weighted by Gasteiger charge is 2.26. The first-order valence-corrected chi connectivity index (χ1v) is 23.1. The molecule has 0 saturated heterocycles. The molecule has 0 rings (SSSR count). The van der Waals surface area contributed by atoms with Gasteiger partial charge >= 0.3 is 13.8 Å². The molecule has 0 amide bonds. The summed E-state index contributed by atoms with van der Waals surface area (Å²) >= 11 is 0. The van der Waals surface area contributed by atoms with Gasteiger partial charge < -0.3 is 24.6 Å². The zero-order valence-corrected chi connectivity index (χ0v) is 35.3. The Labute approximate surface area is 330 Å². The van der Waals surface area contributed by atoms with Crippen molar-refractivity contribution in [2.45, 2.75) is 193 Å². The second kappa shape index (κ2) is 41.1. The van der Waals surface area contributed by atoms with Crippen LogP contribution in [0, 0.1) is 0 Å². The molecule has 0 bridgehead atoms. The molecule has 0 aromatic rings. The summed E-state index contributed by atoms with van der Waals surface area (Å²) in [5, 5.41) is 18.3. The third-order valence-electron chi connectivity index (χ3n) is 9.03. The summed E-state index contributed by atoms with van der Waals surface area (Å²) in [7, 11) is -4.53. The first-order chi connectivity index (χ1) is 26.3. The highest BCUT2D eigenvalue weighted by molar-refractivity contribution is 7.47. The number of aliphatic hydroxyl groups is 2. The fourth-order valence-corrected chi connectivity index (χ4v) is 6.55. The summed E-state index contributed by atoms with van der Waals surface area (Å²) < 4.78 is 33.3. The van der Waals surface area contributed by atoms with Crippen LogP contribution in [0.2, 0.25) is 0 Å². The number of hydrogen-bond donors (Lipinski definition) is 3. The number of aliphatic hydroxyl groups excluding tert-OH is 2. The van der Waals surface area contributed by atoms with Crippen LogP contribution < -0.4 is 0 Å². The lowest BCUT2D eigenvalue weighted by Crippen LogP contribution is -2.29. The Bertz CT molecular complexity index is 981. The molecule has 316 valence electrons. The molecule has 0 aromatic carbocycles. The summed E-state index contributed by atoms with van der Waals surface area (Å²) in [6.45, 7) is 3.36. The van der Waals surface area contributed by atoms with Crippen LogP contribution in [0.1, 0.15) is 181 Å². The minimum Gasteiger partial charge on any atom is -0.457 e. The minimum absolute atomic E-state index is 0.0336. The summed E-state index contributed by atoms with van der Waals surface area (Å²) in [4.78, 5) is 22.5. The second-order valence-corrected chi connectivity index (χ2v) is 15.8. The molecule has 0 aliphatic heterocycles. The van der Waals surface area contributed by atoms with Crippen molar-refractivity contribution in [3.05, 3.63) is 48.6 Å². The fourth-order valence-electron chi connectivity index (χ4n) is 5.76. The Morgan fingerprint density at radius 3 is 1.56 bits per heavy atom. The van der Waals surface area contributed by atoms with Gasteiger partial charge in [0.15, 0.2) is 0 Å². The standard InChI is InChI=1S/C44H81O9P/c1-3-5-7-9-11-13-15-17-19-20-21-23-25-27-29-31-33-35-37-50-40-43(41-52-54(48,49)51-39-42(46)38-45)53-44(47)36-34-32-30-28-26-24-22-18-16-14-12-10-8-6-4-2/h6,8,12,14,18,22,26,28,42-43,45-46H,3-5,7,9-11,13,15-17,19-21,23-25,27,29-41H2,1-2H3,(H,48,49)/b8-6-,14-12-,22-18-,28-26-/t42-,43+/m0/s1. The van der Waals surface area contributed by atoms with E-state index in [9.17, 15) is 19.4 Å². The summed E-state index contributed by atoms with van der Waals surface area (Å²) in [5.41, 5.74) is 0. The molecule has 0 saturated carbocycles. The topological polar surface area (TPSA) is 132 Å². The maximum atomic E-state index is 12.6. The van der Waals surface area contributed by atoms with Crippen LogP contribution >= 0.6 is 7.82 Å². The molecule has 9 nitrogen and oxygen atoms in total. The highest BCUT2D eigenvalue weighted by atomic mass is 31.2. The van der Waals surface area contributed by atoms with Gasteiger partial charge in [-0.1, -0.05) is 172 Å². The van der Waals surface area contributed by atoms with Crippen LogP contribution in [-0.4, -0.2) is 66.3 Å². The summed E-state index contributed by atoms with van der Waals surface area (Å²) in [5.74, 6) is -0.421. The van der Waals surface area contributed by atoms with Gasteiger partial charge in [0.05, 0.1) is 26.4 Å². The van der Waals surface area contributed by atoms with Gasteiger partial charge in [0.1, 0.15) is 12.2 Å². The number of phosphoric acid groups is 1. The van der Waals surface area contributed by atoms with E-state index in [0.29, 0.717) is 13.0 Å². The predicted octanol–water partition coefficient (Wildman–Crippen LogP) is 11.8. The molecule has 3 N–H and O–H groups in total. The van der Waals surface area contributed by atoms with E-state index in [1.54, 1.807) is 0 Å². The lowest BCUT2D eigenvalue weighted by atomic mass is 10.0. The number of ether oxygens (including phenoxy) is 2. The number of carbonyl (C=O) groups excluding carboxylic acids is 1. The van der Waals surface area contributed by atoms with Gasteiger partial charge in [0, 0.05) is 13.0 Å². The summed E-state index contributed by atoms with van der Waals surface area (Å²) in [6.07, 6.45) is 45.0. The van der Waals surface area contributed by atoms with Gasteiger partial charge in [-0.25, -0.2) is 4.57 Å². The molecule has 0 heterocycles. The van der Waals surface area contributed by atoms with Crippen molar-refractivity contribution in [3.8, 4) is 0 Å². The van der Waals surface area contributed by atoms with Crippen molar-refractivity contribution in [3.63, 3.8) is 0 Å². The zero-order valence-electron chi connectivity index (χ0n) is 34.4. The Morgan fingerprint density at radius 1 is 0.593 bits per heavy atom. The van der Waals surface area contributed by atoms with E-state index >= 15 is 0 Å². The molecule has 0 aromatic heterocycles. The zero-order chi connectivity index (χ0) is 39.6. The first-order valence-electron chi connectivity index (χ1n) is 21.6. The van der Waals surface area contributed by atoms with Gasteiger partial charge in [0.2, 0.25) is 0 Å². The van der Waals surface area contributed by atoms with E-state index in [1.807, 2.05) is 0 Å². The van der Waals surface area contributed by atoms with Crippen LogP contribution in [0.4, 0.5) is 0 Å². The third kappa shape index (κ3) is 40.1. The molecule has 0 spiro atoms. The van der Waals surface area contributed by atoms with E-state index < -0.39 is 45.8 Å². The number of unbranched alkanes of at least 4 members (excludes halogenated alkanes) is 19. The largest absolute Gasteiger partial charge is 0.472 e. The van der Waals surface area contributed by atoms with Crippen LogP contribution in [0.3, 0.4) is 0 Å². The van der Waals surface area contributed by atoms with Gasteiger partial charge in [-0.2, -0.15) is 0 Å². The molecule has 3 atom stereocenters. The van der Waals surface area contributed by atoms with Crippen molar-refractivity contribution in [1.82, 2.24) is 0 Å². The molecule has 0 fully saturated rings. The number of esters is 1. The van der Waals surface area contributed by atoms with E-state index in [-0.39, 0.29) is 13.0 Å². The van der Waals surface area contributed by atoms with Crippen LogP contribution in [0.15, 0.2) is 48.6 Å². The lowest BCUT2D eigenvalue weighted by Gasteiger charge is -2.20. The second-order valence-electron chi connectivity index (χ2n) is 14.3. The Morgan fingerprint density at radius 2 is 1.06 bits per heavy atom. The monoisotopic (exact) mass is 785 g/mol. The van der Waals surface area contributed by atoms with E-state index in [2.05, 4.69) is 62.5 Å². The first kappa shape index (κ1) is 52.4. The number of phosphoric ester groups is 1. The van der Waals surface area contributed by atoms with Crippen LogP contribution in [-0.2, 0) is 27.9 Å². The Hall–Kier alpha value is -1.58. The average molecular weight is 785 g/mol. The molecule has 0 aliphatic rings. The number of carbonyl (C=O) groups is 1. The smallest absolute Gasteiger partial charge is 0.457 e. The minimum atomic E-state index is -4.53. The van der Waals surface area contributed by atoms with Crippen LogP contribution in [0.5, 0.6) is 0 Å². The lowest BCUT2D eigenvalue weighted by molar-refractivity contribution is -0.154. The molecule has 0 aliphatic carbocycles. The fraction of sp³-hybridized carbons (Fsp3) is 0.795. The van der Waals surface area contributed by atoms with E-state index in [0.717, 1.165) is 57.8 Å². The van der Waals surface area contributed by atoms with E-state index in [4.69, 9.17) is 23.6 Å². The number of rotatable bonds is 41. The van der Waals surface area contributed by atoms with Gasteiger partial charge in [-0.15, -0.1) is 0 Å². The third-order valence-corrected chi connectivity index (χ3v) is 9.98. The molecule has 1 unspecified atom stereocenters. The molecular weight excluding hydrogens is 703 g/mol. The summed E-state index contributed by atoms with van der Waals surface area (Å²) in [6, 6.07) is 0. The molecule has 54 heavy (non-hydrogen) atoms. The van der Waals surface area contributed by atoms with E-state index in [1.165, 1.54) is 96.3 Å². The van der Waals surface area contributed by atoms with Crippen molar-refractivity contribution < 1.29 is 43.0 Å². The quantitative estimate of drug-likeness (QED) is 0.0240. The molecule has 10 heteroatoms. The maximum Gasteiger partial charge on any atom is 0.472 e. The van der Waals surface area contributed by atoms with Crippen molar-refractivity contribution >= 4 is 13.8 Å². The number of hydrogen-bond acceptors (Lipinski definition) is 8. The van der Waals surface area contributed by atoms with Gasteiger partial charge in [-0.05, 0) is 51.4 Å². The van der Waals surface area contributed by atoms with Crippen LogP contribution in [0.25, 0.3) is 0 Å². The molecular formula is C44H81O9P. The van der Waals surface area contributed by atoms with Crippen molar-refractivity contribution in [2.75, 3.05) is 33.0 Å². The van der Waals surface area contributed by atoms with Gasteiger partial charge in [0.25, 0.3) is 0 Å². The van der Waals surface area contributed by atoms with Gasteiger partial charge in [-0.3, -0.25) is 13.8 Å². The maximum absolute atomic E-state index is 12.6. The molecule has 0 radical (unpaired) electrons.